The second kappa shape index (κ2) is 9.05. The van der Waals surface area contributed by atoms with Crippen molar-refractivity contribution >= 4 is 17.5 Å². The van der Waals surface area contributed by atoms with Crippen molar-refractivity contribution in [2.75, 3.05) is 5.75 Å². The van der Waals surface area contributed by atoms with E-state index in [-0.39, 0.29) is 11.3 Å². The van der Waals surface area contributed by atoms with Crippen LogP contribution in [-0.2, 0) is 0 Å². The maximum absolute atomic E-state index is 12.8. The van der Waals surface area contributed by atoms with E-state index in [0.717, 1.165) is 47.5 Å². The molecular weight excluding hydrogens is 314 g/mol. The molecule has 0 aliphatic rings. The summed E-state index contributed by atoms with van der Waals surface area (Å²) in [6, 6.07) is 17.3. The van der Waals surface area contributed by atoms with Gasteiger partial charge in [-0.05, 0) is 25.0 Å². The van der Waals surface area contributed by atoms with Gasteiger partial charge in [-0.25, -0.2) is 0 Å². The largest absolute Gasteiger partial charge is 0.324 e. The Kier molecular flexibility index (Phi) is 7.07. The summed E-state index contributed by atoms with van der Waals surface area (Å²) >= 11 is 1.71. The molecule has 0 saturated carbocycles. The van der Waals surface area contributed by atoms with Crippen LogP contribution in [0.15, 0.2) is 59.5 Å². The van der Waals surface area contributed by atoms with Gasteiger partial charge in [0.2, 0.25) is 0 Å². The molecule has 0 amide bonds. The summed E-state index contributed by atoms with van der Waals surface area (Å²) in [5.41, 5.74) is 7.89. The fourth-order valence-electron chi connectivity index (χ4n) is 2.63. The molecule has 0 fully saturated rings. The number of thioether (sulfide) groups is 1. The molecule has 2 rings (SSSR count). The molecule has 3 heteroatoms. The fraction of sp³-hybridized carbons (Fsp3) is 0.381. The van der Waals surface area contributed by atoms with E-state index in [4.69, 9.17) is 5.73 Å². The Labute approximate surface area is 149 Å². The molecule has 1 unspecified atom stereocenters. The molecule has 2 aromatic carbocycles. The van der Waals surface area contributed by atoms with Crippen molar-refractivity contribution in [2.45, 2.75) is 50.0 Å². The first kappa shape index (κ1) is 18.8. The molecule has 0 saturated heterocycles. The van der Waals surface area contributed by atoms with E-state index < -0.39 is 0 Å². The summed E-state index contributed by atoms with van der Waals surface area (Å²) in [5.74, 6) is 0.911. The van der Waals surface area contributed by atoms with Crippen LogP contribution in [0.2, 0.25) is 0 Å². The number of nitrogens with two attached hydrogens (primary N) is 1. The molecule has 0 aliphatic carbocycles. The van der Waals surface area contributed by atoms with Gasteiger partial charge in [-0.2, -0.15) is 0 Å². The summed E-state index contributed by atoms with van der Waals surface area (Å²) in [7, 11) is 0. The predicted octanol–water partition coefficient (Wildman–Crippen LogP) is 5.31. The number of unbranched alkanes of at least 4 members (excludes halogenated alkanes) is 1. The molecule has 2 aromatic rings. The second-order valence-corrected chi connectivity index (χ2v) is 7.32. The molecule has 128 valence electrons. The van der Waals surface area contributed by atoms with Crippen molar-refractivity contribution < 1.29 is 4.79 Å². The lowest BCUT2D eigenvalue weighted by molar-refractivity contribution is 0.103. The lowest BCUT2D eigenvalue weighted by atomic mass is 9.93. The Bertz CT molecular complexity index is 656. The van der Waals surface area contributed by atoms with Crippen LogP contribution < -0.4 is 5.73 Å². The quantitative estimate of drug-likeness (QED) is 0.496. The van der Waals surface area contributed by atoms with E-state index in [0.29, 0.717) is 0 Å². The van der Waals surface area contributed by atoms with E-state index in [1.807, 2.05) is 54.6 Å². The fourth-order valence-corrected chi connectivity index (χ4v) is 3.91. The van der Waals surface area contributed by atoms with Gasteiger partial charge in [-0.15, -0.1) is 11.8 Å². The van der Waals surface area contributed by atoms with Crippen molar-refractivity contribution in [3.63, 3.8) is 0 Å². The molecule has 0 aromatic heterocycles. The first-order chi connectivity index (χ1) is 11.6. The van der Waals surface area contributed by atoms with Crippen LogP contribution >= 0.6 is 11.8 Å². The van der Waals surface area contributed by atoms with Gasteiger partial charge in [-0.1, -0.05) is 69.2 Å². The molecule has 0 spiro atoms. The lowest BCUT2D eigenvalue weighted by Crippen LogP contribution is -2.41. The van der Waals surface area contributed by atoms with Crippen molar-refractivity contribution in [1.82, 2.24) is 0 Å². The van der Waals surface area contributed by atoms with Crippen LogP contribution in [0.5, 0.6) is 0 Å². The highest BCUT2D eigenvalue weighted by Gasteiger charge is 2.23. The SMILES string of the molecule is CCCCC(N)(CC)CSc1ccccc1C(=O)c1ccccc1. The van der Waals surface area contributed by atoms with Crippen LogP contribution in [0, 0.1) is 0 Å². The Morgan fingerprint density at radius 1 is 1.04 bits per heavy atom. The predicted molar refractivity (Wildman–Crippen MR) is 104 cm³/mol. The summed E-state index contributed by atoms with van der Waals surface area (Å²) in [6.07, 6.45) is 4.29. The van der Waals surface area contributed by atoms with E-state index in [2.05, 4.69) is 13.8 Å². The van der Waals surface area contributed by atoms with Gasteiger partial charge in [0.1, 0.15) is 0 Å². The van der Waals surface area contributed by atoms with Crippen LogP contribution in [-0.4, -0.2) is 17.1 Å². The molecule has 2 N–H and O–H groups in total. The van der Waals surface area contributed by atoms with E-state index >= 15 is 0 Å². The third-order valence-electron chi connectivity index (χ3n) is 4.42. The van der Waals surface area contributed by atoms with Crippen molar-refractivity contribution in [1.29, 1.82) is 0 Å². The smallest absolute Gasteiger partial charge is 0.194 e. The number of rotatable bonds is 9. The monoisotopic (exact) mass is 341 g/mol. The van der Waals surface area contributed by atoms with Crippen molar-refractivity contribution in [3.8, 4) is 0 Å². The molecule has 0 heterocycles. The highest BCUT2D eigenvalue weighted by molar-refractivity contribution is 7.99. The van der Waals surface area contributed by atoms with Crippen LogP contribution in [0.25, 0.3) is 0 Å². The summed E-state index contributed by atoms with van der Waals surface area (Å²) < 4.78 is 0. The molecular formula is C21H27NOS. The summed E-state index contributed by atoms with van der Waals surface area (Å²) in [4.78, 5) is 13.8. The third-order valence-corrected chi connectivity index (χ3v) is 5.80. The van der Waals surface area contributed by atoms with Crippen LogP contribution in [0.3, 0.4) is 0 Å². The number of carbonyl (C=O) groups excluding carboxylic acids is 1. The zero-order chi connectivity index (χ0) is 17.4. The number of carbonyl (C=O) groups is 1. The van der Waals surface area contributed by atoms with Crippen molar-refractivity contribution in [3.05, 3.63) is 65.7 Å². The standard InChI is InChI=1S/C21H27NOS/c1-3-5-15-21(22,4-2)16-24-19-14-10-9-13-18(19)20(23)17-11-7-6-8-12-17/h6-14H,3-5,15-16,22H2,1-2H3. The van der Waals surface area contributed by atoms with E-state index in [1.54, 1.807) is 11.8 Å². The lowest BCUT2D eigenvalue weighted by Gasteiger charge is -2.28. The van der Waals surface area contributed by atoms with E-state index in [1.165, 1.54) is 0 Å². The minimum Gasteiger partial charge on any atom is -0.324 e. The van der Waals surface area contributed by atoms with Gasteiger partial charge in [0.05, 0.1) is 0 Å². The number of ketones is 1. The Balaban J connectivity index is 2.16. The van der Waals surface area contributed by atoms with Crippen molar-refractivity contribution in [2.24, 2.45) is 5.73 Å². The third kappa shape index (κ3) is 4.96. The maximum atomic E-state index is 12.8. The highest BCUT2D eigenvalue weighted by atomic mass is 32.2. The molecule has 0 bridgehead atoms. The topological polar surface area (TPSA) is 43.1 Å². The average molecular weight is 342 g/mol. The molecule has 0 aliphatic heterocycles. The molecule has 24 heavy (non-hydrogen) atoms. The molecule has 1 atom stereocenters. The zero-order valence-corrected chi connectivity index (χ0v) is 15.4. The number of hydrogen-bond donors (Lipinski definition) is 1. The Morgan fingerprint density at radius 3 is 2.38 bits per heavy atom. The summed E-state index contributed by atoms with van der Waals surface area (Å²) in [5, 5.41) is 0. The Morgan fingerprint density at radius 2 is 1.71 bits per heavy atom. The van der Waals surface area contributed by atoms with Gasteiger partial charge >= 0.3 is 0 Å². The average Bonchev–Trinajstić information content (AvgIpc) is 2.65. The van der Waals surface area contributed by atoms with Gasteiger partial charge in [-0.3, -0.25) is 4.79 Å². The first-order valence-electron chi connectivity index (χ1n) is 8.70. The van der Waals surface area contributed by atoms with E-state index in [9.17, 15) is 4.79 Å². The minimum absolute atomic E-state index is 0.0754. The van der Waals surface area contributed by atoms with Crippen LogP contribution in [0.4, 0.5) is 0 Å². The summed E-state index contributed by atoms with van der Waals surface area (Å²) in [6.45, 7) is 4.34. The van der Waals surface area contributed by atoms with Gasteiger partial charge < -0.3 is 5.73 Å². The normalized spacial score (nSPS) is 13.5. The molecule has 0 radical (unpaired) electrons. The van der Waals surface area contributed by atoms with Gasteiger partial charge in [0.15, 0.2) is 5.78 Å². The van der Waals surface area contributed by atoms with Gasteiger partial charge in [0, 0.05) is 27.3 Å². The highest BCUT2D eigenvalue weighted by Crippen LogP contribution is 2.30. The number of hydrogen-bond acceptors (Lipinski definition) is 3. The second-order valence-electron chi connectivity index (χ2n) is 6.30. The van der Waals surface area contributed by atoms with Gasteiger partial charge in [0.25, 0.3) is 0 Å². The number of benzene rings is 2. The molecule has 2 nitrogen and oxygen atoms in total. The van der Waals surface area contributed by atoms with Crippen LogP contribution in [0.1, 0.15) is 55.5 Å². The minimum atomic E-state index is -0.163. The Hall–Kier alpha value is -1.58. The first-order valence-corrected chi connectivity index (χ1v) is 9.68. The zero-order valence-electron chi connectivity index (χ0n) is 14.6. The maximum Gasteiger partial charge on any atom is 0.194 e.